The molecule has 0 bridgehead atoms. The summed E-state index contributed by atoms with van der Waals surface area (Å²) in [5.41, 5.74) is 3.12. The number of hydrogen-bond acceptors (Lipinski definition) is 2. The molecule has 1 aromatic carbocycles. The molecule has 2 rings (SSSR count). The molecule has 0 saturated carbocycles. The summed E-state index contributed by atoms with van der Waals surface area (Å²) in [6.45, 7) is 1.94. The minimum atomic E-state index is 0.758. The molecule has 0 aliphatic rings. The van der Waals surface area contributed by atoms with Gasteiger partial charge in [0.05, 0.1) is 11.4 Å². The van der Waals surface area contributed by atoms with E-state index < -0.39 is 0 Å². The van der Waals surface area contributed by atoms with Gasteiger partial charge in [-0.25, -0.2) is 0 Å². The average molecular weight is 219 g/mol. The smallest absolute Gasteiger partial charge is 0.0633 e. The van der Waals surface area contributed by atoms with Crippen LogP contribution in [0.15, 0.2) is 36.7 Å². The lowest BCUT2D eigenvalue weighted by molar-refractivity contribution is 0.992. The van der Waals surface area contributed by atoms with Crippen LogP contribution in [0.4, 0.5) is 0 Å². The standard InChI is InChI=1S/C12H11ClN2/c1-9-7-14-8-12(15-9)6-10-2-4-11(13)5-3-10/h2-5,7-8H,6H2,1H3. The molecule has 1 aromatic heterocycles. The second-order valence-corrected chi connectivity index (χ2v) is 3.89. The molecule has 0 amide bonds. The summed E-state index contributed by atoms with van der Waals surface area (Å²) in [5.74, 6) is 0. The Morgan fingerprint density at radius 1 is 1.13 bits per heavy atom. The van der Waals surface area contributed by atoms with Crippen molar-refractivity contribution in [1.82, 2.24) is 9.97 Å². The van der Waals surface area contributed by atoms with Gasteiger partial charge in [-0.05, 0) is 24.6 Å². The fraction of sp³-hybridized carbons (Fsp3) is 0.167. The monoisotopic (exact) mass is 218 g/mol. The minimum Gasteiger partial charge on any atom is -0.261 e. The molecule has 0 fully saturated rings. The second-order valence-electron chi connectivity index (χ2n) is 3.46. The summed E-state index contributed by atoms with van der Waals surface area (Å²) in [7, 11) is 0. The van der Waals surface area contributed by atoms with E-state index in [1.165, 1.54) is 5.56 Å². The van der Waals surface area contributed by atoms with E-state index in [1.54, 1.807) is 12.4 Å². The summed E-state index contributed by atoms with van der Waals surface area (Å²) >= 11 is 5.81. The topological polar surface area (TPSA) is 25.8 Å². The zero-order valence-corrected chi connectivity index (χ0v) is 9.20. The SMILES string of the molecule is Cc1cncc(Cc2ccc(Cl)cc2)n1. The van der Waals surface area contributed by atoms with Crippen molar-refractivity contribution in [3.63, 3.8) is 0 Å². The van der Waals surface area contributed by atoms with E-state index >= 15 is 0 Å². The highest BCUT2D eigenvalue weighted by Crippen LogP contribution is 2.12. The summed E-state index contributed by atoms with van der Waals surface area (Å²) in [6, 6.07) is 7.79. The van der Waals surface area contributed by atoms with Crippen LogP contribution < -0.4 is 0 Å². The molecule has 76 valence electrons. The third kappa shape index (κ3) is 2.77. The van der Waals surface area contributed by atoms with E-state index in [0.717, 1.165) is 22.8 Å². The van der Waals surface area contributed by atoms with Crippen molar-refractivity contribution in [3.05, 3.63) is 58.6 Å². The van der Waals surface area contributed by atoms with Gasteiger partial charge in [0.2, 0.25) is 0 Å². The van der Waals surface area contributed by atoms with Gasteiger partial charge in [-0.1, -0.05) is 23.7 Å². The first-order chi connectivity index (χ1) is 7.24. The van der Waals surface area contributed by atoms with E-state index in [-0.39, 0.29) is 0 Å². The van der Waals surface area contributed by atoms with Crippen LogP contribution in [0, 0.1) is 6.92 Å². The zero-order chi connectivity index (χ0) is 10.7. The van der Waals surface area contributed by atoms with Gasteiger partial charge in [-0.2, -0.15) is 0 Å². The van der Waals surface area contributed by atoms with Crippen molar-refractivity contribution in [2.24, 2.45) is 0 Å². The molecular weight excluding hydrogens is 208 g/mol. The molecule has 0 saturated heterocycles. The Morgan fingerprint density at radius 3 is 2.53 bits per heavy atom. The lowest BCUT2D eigenvalue weighted by Crippen LogP contribution is -1.95. The Balaban J connectivity index is 2.18. The van der Waals surface area contributed by atoms with Crippen LogP contribution in [0.1, 0.15) is 17.0 Å². The van der Waals surface area contributed by atoms with E-state index in [1.807, 2.05) is 31.2 Å². The maximum Gasteiger partial charge on any atom is 0.0633 e. The van der Waals surface area contributed by atoms with Crippen LogP contribution >= 0.6 is 11.6 Å². The first-order valence-corrected chi connectivity index (χ1v) is 5.14. The molecule has 0 radical (unpaired) electrons. The Labute approximate surface area is 94.0 Å². The number of halogens is 1. The third-order valence-electron chi connectivity index (χ3n) is 2.10. The van der Waals surface area contributed by atoms with Crippen LogP contribution in [-0.2, 0) is 6.42 Å². The van der Waals surface area contributed by atoms with Crippen LogP contribution in [0.5, 0.6) is 0 Å². The molecule has 0 atom stereocenters. The summed E-state index contributed by atoms with van der Waals surface area (Å²) in [5, 5.41) is 0.758. The average Bonchev–Trinajstić information content (AvgIpc) is 2.22. The lowest BCUT2D eigenvalue weighted by atomic mass is 10.1. The summed E-state index contributed by atoms with van der Waals surface area (Å²) < 4.78 is 0. The number of aryl methyl sites for hydroxylation is 1. The summed E-state index contributed by atoms with van der Waals surface area (Å²) in [4.78, 5) is 8.50. The highest BCUT2D eigenvalue weighted by Gasteiger charge is 1.98. The van der Waals surface area contributed by atoms with E-state index in [2.05, 4.69) is 9.97 Å². The molecule has 15 heavy (non-hydrogen) atoms. The summed E-state index contributed by atoms with van der Waals surface area (Å²) in [6.07, 6.45) is 4.35. The van der Waals surface area contributed by atoms with Crippen LogP contribution in [-0.4, -0.2) is 9.97 Å². The maximum atomic E-state index is 5.81. The lowest BCUT2D eigenvalue weighted by Gasteiger charge is -2.01. The number of benzene rings is 1. The van der Waals surface area contributed by atoms with Gasteiger partial charge in [0.1, 0.15) is 0 Å². The predicted octanol–water partition coefficient (Wildman–Crippen LogP) is 3.03. The van der Waals surface area contributed by atoms with Crippen molar-refractivity contribution in [2.45, 2.75) is 13.3 Å². The van der Waals surface area contributed by atoms with Gasteiger partial charge < -0.3 is 0 Å². The van der Waals surface area contributed by atoms with Gasteiger partial charge in [0.15, 0.2) is 0 Å². The van der Waals surface area contributed by atoms with Crippen molar-refractivity contribution in [3.8, 4) is 0 Å². The van der Waals surface area contributed by atoms with Crippen molar-refractivity contribution < 1.29 is 0 Å². The molecule has 0 unspecified atom stereocenters. The van der Waals surface area contributed by atoms with Crippen LogP contribution in [0.25, 0.3) is 0 Å². The molecule has 2 aromatic rings. The van der Waals surface area contributed by atoms with E-state index in [4.69, 9.17) is 11.6 Å². The largest absolute Gasteiger partial charge is 0.261 e. The van der Waals surface area contributed by atoms with Gasteiger partial charge in [0, 0.05) is 23.8 Å². The highest BCUT2D eigenvalue weighted by molar-refractivity contribution is 6.30. The fourth-order valence-electron chi connectivity index (χ4n) is 1.41. The zero-order valence-electron chi connectivity index (χ0n) is 8.44. The van der Waals surface area contributed by atoms with Gasteiger partial charge in [0.25, 0.3) is 0 Å². The van der Waals surface area contributed by atoms with E-state index in [9.17, 15) is 0 Å². The van der Waals surface area contributed by atoms with Crippen molar-refractivity contribution in [2.75, 3.05) is 0 Å². The molecular formula is C12H11ClN2. The molecule has 1 heterocycles. The molecule has 0 spiro atoms. The van der Waals surface area contributed by atoms with Crippen molar-refractivity contribution >= 4 is 11.6 Å². The Hall–Kier alpha value is -1.41. The Bertz CT molecular complexity index is 451. The van der Waals surface area contributed by atoms with Crippen LogP contribution in [0.3, 0.4) is 0 Å². The molecule has 3 heteroatoms. The first-order valence-electron chi connectivity index (χ1n) is 4.76. The number of rotatable bonds is 2. The third-order valence-corrected chi connectivity index (χ3v) is 2.36. The fourth-order valence-corrected chi connectivity index (χ4v) is 1.54. The molecule has 2 nitrogen and oxygen atoms in total. The predicted molar refractivity (Wildman–Crippen MR) is 61.0 cm³/mol. The van der Waals surface area contributed by atoms with Crippen molar-refractivity contribution in [1.29, 1.82) is 0 Å². The normalized spacial score (nSPS) is 10.3. The molecule has 0 N–H and O–H groups in total. The number of hydrogen-bond donors (Lipinski definition) is 0. The number of nitrogens with zero attached hydrogens (tertiary/aromatic N) is 2. The Morgan fingerprint density at radius 2 is 1.87 bits per heavy atom. The van der Waals surface area contributed by atoms with E-state index in [0.29, 0.717) is 0 Å². The highest BCUT2D eigenvalue weighted by atomic mass is 35.5. The number of aromatic nitrogens is 2. The van der Waals surface area contributed by atoms with Gasteiger partial charge in [-0.3, -0.25) is 9.97 Å². The van der Waals surface area contributed by atoms with Crippen LogP contribution in [0.2, 0.25) is 5.02 Å². The van der Waals surface area contributed by atoms with Gasteiger partial charge >= 0.3 is 0 Å². The maximum absolute atomic E-state index is 5.81. The second kappa shape index (κ2) is 4.41. The Kier molecular flexibility index (Phi) is 2.97. The molecule has 0 aliphatic heterocycles. The van der Waals surface area contributed by atoms with Gasteiger partial charge in [-0.15, -0.1) is 0 Å². The minimum absolute atomic E-state index is 0.758. The molecule has 0 aliphatic carbocycles. The first kappa shape index (κ1) is 10.1. The quantitative estimate of drug-likeness (QED) is 0.775.